The maximum atomic E-state index is 12.2. The van der Waals surface area contributed by atoms with Crippen LogP contribution in [0, 0.1) is 0 Å². The van der Waals surface area contributed by atoms with Gasteiger partial charge < -0.3 is 15.2 Å². The monoisotopic (exact) mass is 300 g/mol. The summed E-state index contributed by atoms with van der Waals surface area (Å²) in [5, 5.41) is 3.03. The minimum Gasteiger partial charge on any atom is -0.335 e. The van der Waals surface area contributed by atoms with E-state index in [1.807, 2.05) is 33.7 Å². The molecule has 0 atom stereocenters. The Morgan fingerprint density at radius 2 is 1.86 bits per heavy atom. The van der Waals surface area contributed by atoms with Crippen LogP contribution < -0.4 is 11.0 Å². The van der Waals surface area contributed by atoms with Crippen LogP contribution in [0.4, 0.5) is 4.79 Å². The summed E-state index contributed by atoms with van der Waals surface area (Å²) >= 11 is 0. The first kappa shape index (κ1) is 13.4. The number of carbonyl (C=O) groups is 1. The number of aromatic amines is 1. The first-order valence-electron chi connectivity index (χ1n) is 7.97. The topological polar surface area (TPSA) is 70.1 Å². The highest BCUT2D eigenvalue weighted by Crippen LogP contribution is 2.25. The average Bonchev–Trinajstić information content (AvgIpc) is 3.27. The van der Waals surface area contributed by atoms with Crippen LogP contribution >= 0.6 is 0 Å². The van der Waals surface area contributed by atoms with Crippen molar-refractivity contribution in [1.82, 2.24) is 19.8 Å². The van der Waals surface area contributed by atoms with Gasteiger partial charge in [-0.15, -0.1) is 0 Å². The molecule has 2 N–H and O–H groups in total. The Kier molecular flexibility index (Phi) is 3.17. The highest BCUT2D eigenvalue weighted by atomic mass is 16.2. The Labute approximate surface area is 128 Å². The maximum Gasteiger partial charge on any atom is 0.326 e. The lowest BCUT2D eigenvalue weighted by atomic mass is 10.0. The highest BCUT2D eigenvalue weighted by Gasteiger charge is 2.29. The van der Waals surface area contributed by atoms with E-state index >= 15 is 0 Å². The molecule has 1 saturated carbocycles. The number of para-hydroxylation sites is 2. The molecule has 1 aliphatic heterocycles. The number of aromatic nitrogens is 2. The van der Waals surface area contributed by atoms with Gasteiger partial charge >= 0.3 is 11.7 Å². The van der Waals surface area contributed by atoms with Crippen molar-refractivity contribution in [2.75, 3.05) is 13.1 Å². The molecule has 22 heavy (non-hydrogen) atoms. The SMILES string of the molecule is O=C(NC1CC1)N1CCC(n2c(=O)[nH]c3ccccc32)CC1. The summed E-state index contributed by atoms with van der Waals surface area (Å²) in [6.45, 7) is 1.41. The van der Waals surface area contributed by atoms with Gasteiger partial charge in [0.15, 0.2) is 0 Å². The Bertz CT molecular complexity index is 751. The Morgan fingerprint density at radius 3 is 2.59 bits per heavy atom. The second-order valence-electron chi connectivity index (χ2n) is 6.26. The van der Waals surface area contributed by atoms with Crippen molar-refractivity contribution in [2.45, 2.75) is 37.8 Å². The molecule has 0 bridgehead atoms. The minimum absolute atomic E-state index is 0.0484. The number of rotatable bonds is 2. The van der Waals surface area contributed by atoms with E-state index in [0.717, 1.165) is 36.7 Å². The summed E-state index contributed by atoms with van der Waals surface area (Å²) in [5.74, 6) is 0. The molecule has 6 nitrogen and oxygen atoms in total. The first-order chi connectivity index (χ1) is 10.7. The number of hydrogen-bond donors (Lipinski definition) is 2. The number of imidazole rings is 1. The van der Waals surface area contributed by atoms with Crippen molar-refractivity contribution in [3.63, 3.8) is 0 Å². The Balaban J connectivity index is 1.49. The van der Waals surface area contributed by atoms with Gasteiger partial charge in [-0.05, 0) is 37.8 Å². The van der Waals surface area contributed by atoms with Crippen molar-refractivity contribution in [3.8, 4) is 0 Å². The van der Waals surface area contributed by atoms with E-state index in [1.165, 1.54) is 0 Å². The van der Waals surface area contributed by atoms with E-state index in [0.29, 0.717) is 19.1 Å². The van der Waals surface area contributed by atoms with E-state index in [4.69, 9.17) is 0 Å². The summed E-state index contributed by atoms with van der Waals surface area (Å²) in [6.07, 6.45) is 3.85. The molecule has 0 unspecified atom stereocenters. The van der Waals surface area contributed by atoms with E-state index in [2.05, 4.69) is 10.3 Å². The number of likely N-dealkylation sites (tertiary alicyclic amines) is 1. The number of fused-ring (bicyclic) bond motifs is 1. The molecule has 4 rings (SSSR count). The van der Waals surface area contributed by atoms with Gasteiger partial charge in [0.05, 0.1) is 11.0 Å². The third-order valence-corrected chi connectivity index (χ3v) is 4.65. The molecule has 1 saturated heterocycles. The van der Waals surface area contributed by atoms with Gasteiger partial charge in [0.1, 0.15) is 0 Å². The standard InChI is InChI=1S/C16H20N4O2/c21-15(17-11-5-6-11)19-9-7-12(8-10-19)20-14-4-2-1-3-13(14)18-16(20)22/h1-4,11-12H,5-10H2,(H,17,21)(H,18,22). The van der Waals surface area contributed by atoms with E-state index in [-0.39, 0.29) is 17.8 Å². The van der Waals surface area contributed by atoms with Crippen molar-refractivity contribution in [3.05, 3.63) is 34.7 Å². The number of nitrogens with zero attached hydrogens (tertiary/aromatic N) is 2. The van der Waals surface area contributed by atoms with Gasteiger partial charge in [-0.25, -0.2) is 9.59 Å². The third-order valence-electron chi connectivity index (χ3n) is 4.65. The summed E-state index contributed by atoms with van der Waals surface area (Å²) < 4.78 is 1.85. The van der Waals surface area contributed by atoms with Gasteiger partial charge in [0.2, 0.25) is 0 Å². The molecule has 1 aromatic heterocycles. The van der Waals surface area contributed by atoms with Crippen molar-refractivity contribution in [1.29, 1.82) is 0 Å². The quantitative estimate of drug-likeness (QED) is 0.888. The lowest BCUT2D eigenvalue weighted by Crippen LogP contribution is -2.46. The predicted octanol–water partition coefficient (Wildman–Crippen LogP) is 1.84. The van der Waals surface area contributed by atoms with Crippen LogP contribution in [0.5, 0.6) is 0 Å². The summed E-state index contributed by atoms with van der Waals surface area (Å²) in [5.41, 5.74) is 1.77. The molecule has 1 aromatic carbocycles. The third kappa shape index (κ3) is 2.38. The molecule has 2 aromatic rings. The largest absolute Gasteiger partial charge is 0.335 e. The maximum absolute atomic E-state index is 12.2. The van der Waals surface area contributed by atoms with Crippen LogP contribution in [0.2, 0.25) is 0 Å². The van der Waals surface area contributed by atoms with E-state index < -0.39 is 0 Å². The van der Waals surface area contributed by atoms with Crippen LogP contribution in [-0.4, -0.2) is 39.6 Å². The molecule has 0 radical (unpaired) electrons. The fraction of sp³-hybridized carbons (Fsp3) is 0.500. The molecule has 1 aliphatic carbocycles. The zero-order valence-corrected chi connectivity index (χ0v) is 12.4. The number of nitrogens with one attached hydrogen (secondary N) is 2. The fourth-order valence-electron chi connectivity index (χ4n) is 3.26. The minimum atomic E-state index is -0.0536. The zero-order valence-electron chi connectivity index (χ0n) is 12.4. The number of benzene rings is 1. The summed E-state index contributed by atoms with van der Waals surface area (Å²) in [7, 11) is 0. The second kappa shape index (κ2) is 5.19. The molecular formula is C16H20N4O2. The van der Waals surface area contributed by atoms with Gasteiger partial charge in [0, 0.05) is 25.2 Å². The van der Waals surface area contributed by atoms with Crippen LogP contribution in [0.15, 0.2) is 29.1 Å². The van der Waals surface area contributed by atoms with E-state index in [9.17, 15) is 9.59 Å². The zero-order chi connectivity index (χ0) is 15.1. The molecule has 2 amide bonds. The van der Waals surface area contributed by atoms with Crippen LogP contribution in [0.3, 0.4) is 0 Å². The lowest BCUT2D eigenvalue weighted by molar-refractivity contribution is 0.171. The van der Waals surface area contributed by atoms with Crippen molar-refractivity contribution >= 4 is 17.1 Å². The molecule has 2 fully saturated rings. The Hall–Kier alpha value is -2.24. The number of carbonyl (C=O) groups excluding carboxylic acids is 1. The van der Waals surface area contributed by atoms with Crippen molar-refractivity contribution in [2.24, 2.45) is 0 Å². The van der Waals surface area contributed by atoms with Gasteiger partial charge in [0.25, 0.3) is 0 Å². The van der Waals surface area contributed by atoms with Gasteiger partial charge in [-0.2, -0.15) is 0 Å². The molecule has 6 heteroatoms. The molecule has 2 heterocycles. The van der Waals surface area contributed by atoms with E-state index in [1.54, 1.807) is 0 Å². The van der Waals surface area contributed by atoms with Gasteiger partial charge in [-0.3, -0.25) is 4.57 Å². The predicted molar refractivity (Wildman–Crippen MR) is 84.0 cm³/mol. The normalized spacial score (nSPS) is 19.5. The molecular weight excluding hydrogens is 280 g/mol. The van der Waals surface area contributed by atoms with Gasteiger partial charge in [-0.1, -0.05) is 12.1 Å². The van der Waals surface area contributed by atoms with Crippen molar-refractivity contribution < 1.29 is 4.79 Å². The molecule has 0 spiro atoms. The number of amides is 2. The van der Waals surface area contributed by atoms with Crippen LogP contribution in [0.1, 0.15) is 31.7 Å². The average molecular weight is 300 g/mol. The van der Waals surface area contributed by atoms with Crippen LogP contribution in [0.25, 0.3) is 11.0 Å². The molecule has 2 aliphatic rings. The number of H-pyrrole nitrogens is 1. The molecule has 116 valence electrons. The second-order valence-corrected chi connectivity index (χ2v) is 6.26. The highest BCUT2D eigenvalue weighted by molar-refractivity contribution is 5.76. The summed E-state index contributed by atoms with van der Waals surface area (Å²) in [4.78, 5) is 29.1. The number of hydrogen-bond acceptors (Lipinski definition) is 2. The lowest BCUT2D eigenvalue weighted by Gasteiger charge is -2.32. The first-order valence-corrected chi connectivity index (χ1v) is 7.97. The smallest absolute Gasteiger partial charge is 0.326 e. The summed E-state index contributed by atoms with van der Waals surface area (Å²) in [6, 6.07) is 8.37. The fourth-order valence-corrected chi connectivity index (χ4v) is 3.26. The number of piperidine rings is 1. The number of urea groups is 1. The van der Waals surface area contributed by atoms with Crippen LogP contribution in [-0.2, 0) is 0 Å². The Morgan fingerprint density at radius 1 is 1.14 bits per heavy atom.